The van der Waals surface area contributed by atoms with E-state index < -0.39 is 0 Å². The average molecular weight is 425 g/mol. The molecule has 30 heavy (non-hydrogen) atoms. The van der Waals surface area contributed by atoms with E-state index in [1.807, 2.05) is 6.07 Å². The van der Waals surface area contributed by atoms with Gasteiger partial charge in [-0.2, -0.15) is 0 Å². The Bertz CT molecular complexity index is 693. The summed E-state index contributed by atoms with van der Waals surface area (Å²) in [6.07, 6.45) is 8.10. The van der Waals surface area contributed by atoms with Crippen LogP contribution in [-0.2, 0) is 6.54 Å². The number of hydrogen-bond donors (Lipinski definition) is 0. The van der Waals surface area contributed by atoms with Crippen molar-refractivity contribution < 1.29 is 4.74 Å². The second-order valence-corrected chi connectivity index (χ2v) is 9.95. The largest absolute Gasteiger partial charge is 0.490 e. The molecule has 0 spiro atoms. The van der Waals surface area contributed by atoms with Gasteiger partial charge in [0.1, 0.15) is 11.9 Å². The Kier molecular flexibility index (Phi) is 9.94. The molecule has 2 fully saturated rings. The maximum Gasteiger partial charge on any atom is 0.119 e. The summed E-state index contributed by atoms with van der Waals surface area (Å²) in [6.45, 7) is 9.47. The Labute approximate surface area is 186 Å². The highest BCUT2D eigenvalue weighted by atomic mass is 28.1. The molecule has 0 N–H and O–H groups in total. The quantitative estimate of drug-likeness (QED) is 0.659. The molecule has 0 aromatic heterocycles. The van der Waals surface area contributed by atoms with E-state index in [0.717, 1.165) is 25.1 Å². The first-order valence-electron chi connectivity index (χ1n) is 11.9. The zero-order chi connectivity index (χ0) is 21.0. The summed E-state index contributed by atoms with van der Waals surface area (Å²) in [5.41, 5.74) is 1.41. The fraction of sp³-hybridized carbons (Fsp3) is 0.538. The van der Waals surface area contributed by atoms with Crippen molar-refractivity contribution in [3.8, 4) is 5.75 Å². The van der Waals surface area contributed by atoms with Crippen LogP contribution in [0, 0.1) is 0 Å². The van der Waals surface area contributed by atoms with Gasteiger partial charge in [-0.25, -0.2) is 0 Å². The Hall–Kier alpha value is -1.62. The lowest BCUT2D eigenvalue weighted by atomic mass is 10.1. The predicted molar refractivity (Wildman–Crippen MR) is 132 cm³/mol. The van der Waals surface area contributed by atoms with Crippen LogP contribution in [0.3, 0.4) is 0 Å². The molecule has 0 aliphatic carbocycles. The molecule has 0 unspecified atom stereocenters. The SMILES string of the molecule is CCCN1CCC(Oc2ccc(CN3CCCCC3)cc2)CC1.[SiH3]c1ccccc1. The molecule has 2 heterocycles. The van der Waals surface area contributed by atoms with Gasteiger partial charge in [-0.1, -0.05) is 61.0 Å². The second-order valence-electron chi connectivity index (χ2n) is 8.79. The van der Waals surface area contributed by atoms with Gasteiger partial charge in [0.05, 0.1) is 0 Å². The van der Waals surface area contributed by atoms with E-state index in [9.17, 15) is 0 Å². The number of ether oxygens (including phenoxy) is 1. The van der Waals surface area contributed by atoms with E-state index in [0.29, 0.717) is 6.10 Å². The molecular formula is C26H40N2OSi. The van der Waals surface area contributed by atoms with Crippen molar-refractivity contribution in [2.45, 2.75) is 58.1 Å². The van der Waals surface area contributed by atoms with Crippen molar-refractivity contribution in [1.82, 2.24) is 9.80 Å². The normalized spacial score (nSPS) is 18.6. The number of rotatable bonds is 6. The third-order valence-corrected chi connectivity index (χ3v) is 6.76. The van der Waals surface area contributed by atoms with E-state index >= 15 is 0 Å². The van der Waals surface area contributed by atoms with Crippen molar-refractivity contribution in [3.63, 3.8) is 0 Å². The van der Waals surface area contributed by atoms with Crippen LogP contribution in [0.2, 0.25) is 0 Å². The van der Waals surface area contributed by atoms with E-state index in [1.54, 1.807) is 0 Å². The lowest BCUT2D eigenvalue weighted by Gasteiger charge is -2.32. The Morgan fingerprint density at radius 3 is 2.07 bits per heavy atom. The third kappa shape index (κ3) is 8.25. The van der Waals surface area contributed by atoms with Crippen LogP contribution in [0.15, 0.2) is 54.6 Å². The molecule has 0 atom stereocenters. The first kappa shape index (κ1) is 23.0. The van der Waals surface area contributed by atoms with Crippen LogP contribution in [0.25, 0.3) is 0 Å². The summed E-state index contributed by atoms with van der Waals surface area (Å²) in [6, 6.07) is 19.3. The molecule has 3 nitrogen and oxygen atoms in total. The molecule has 0 amide bonds. The third-order valence-electron chi connectivity index (χ3n) is 6.10. The van der Waals surface area contributed by atoms with Crippen molar-refractivity contribution >= 4 is 15.4 Å². The topological polar surface area (TPSA) is 15.7 Å². The molecule has 0 radical (unpaired) electrons. The lowest BCUT2D eigenvalue weighted by molar-refractivity contribution is 0.101. The first-order valence-corrected chi connectivity index (χ1v) is 12.9. The molecule has 2 aromatic rings. The zero-order valence-electron chi connectivity index (χ0n) is 19.1. The van der Waals surface area contributed by atoms with Gasteiger partial charge in [0.2, 0.25) is 0 Å². The van der Waals surface area contributed by atoms with E-state index in [1.165, 1.54) is 79.4 Å². The highest BCUT2D eigenvalue weighted by Crippen LogP contribution is 2.21. The number of nitrogens with zero attached hydrogens (tertiary/aromatic N) is 2. The van der Waals surface area contributed by atoms with E-state index in [-0.39, 0.29) is 0 Å². The van der Waals surface area contributed by atoms with Gasteiger partial charge in [-0.05, 0) is 69.4 Å². The second kappa shape index (κ2) is 12.9. The molecular weight excluding hydrogens is 384 g/mol. The molecule has 2 aliphatic rings. The Balaban J connectivity index is 0.000000310. The van der Waals surface area contributed by atoms with Crippen molar-refractivity contribution in [2.24, 2.45) is 0 Å². The van der Waals surface area contributed by atoms with Gasteiger partial charge in [-0.15, -0.1) is 0 Å². The monoisotopic (exact) mass is 424 g/mol. The van der Waals surface area contributed by atoms with Crippen LogP contribution in [0.4, 0.5) is 0 Å². The lowest BCUT2D eigenvalue weighted by Crippen LogP contribution is -2.38. The number of piperidine rings is 2. The van der Waals surface area contributed by atoms with Crippen LogP contribution >= 0.6 is 0 Å². The minimum atomic E-state index is 0.399. The fourth-order valence-electron chi connectivity index (χ4n) is 4.34. The van der Waals surface area contributed by atoms with Gasteiger partial charge in [0, 0.05) is 29.9 Å². The minimum Gasteiger partial charge on any atom is -0.490 e. The predicted octanol–water partition coefficient (Wildman–Crippen LogP) is 3.60. The van der Waals surface area contributed by atoms with Gasteiger partial charge >= 0.3 is 0 Å². The van der Waals surface area contributed by atoms with Gasteiger partial charge in [0.25, 0.3) is 0 Å². The van der Waals surface area contributed by atoms with Crippen LogP contribution in [0.5, 0.6) is 5.75 Å². The van der Waals surface area contributed by atoms with Gasteiger partial charge < -0.3 is 9.64 Å². The van der Waals surface area contributed by atoms with Crippen molar-refractivity contribution in [3.05, 3.63) is 60.2 Å². The standard InChI is InChI=1S/C20H32N2O.C6H8Si/c1-2-12-21-15-10-20(11-16-21)23-19-8-6-18(7-9-19)17-22-13-4-3-5-14-22;7-6-4-2-1-3-5-6/h6-9,20H,2-5,10-17H2,1H3;1-5H,7H3. The summed E-state index contributed by atoms with van der Waals surface area (Å²) >= 11 is 0. The van der Waals surface area contributed by atoms with Gasteiger partial charge in [-0.3, -0.25) is 4.90 Å². The highest BCUT2D eigenvalue weighted by molar-refractivity contribution is 6.32. The molecule has 2 aliphatic heterocycles. The molecule has 2 aromatic carbocycles. The van der Waals surface area contributed by atoms with E-state index in [4.69, 9.17) is 4.74 Å². The minimum absolute atomic E-state index is 0.399. The van der Waals surface area contributed by atoms with Crippen molar-refractivity contribution in [1.29, 1.82) is 0 Å². The first-order chi connectivity index (χ1) is 14.7. The molecule has 4 rings (SSSR count). The summed E-state index contributed by atoms with van der Waals surface area (Å²) in [7, 11) is 1.17. The molecule has 0 bridgehead atoms. The van der Waals surface area contributed by atoms with Crippen LogP contribution in [-0.4, -0.2) is 58.9 Å². The maximum atomic E-state index is 6.19. The van der Waals surface area contributed by atoms with E-state index in [2.05, 4.69) is 65.3 Å². The fourth-order valence-corrected chi connectivity index (χ4v) is 4.73. The van der Waals surface area contributed by atoms with Gasteiger partial charge in [0.15, 0.2) is 0 Å². The number of hydrogen-bond acceptors (Lipinski definition) is 3. The molecule has 4 heteroatoms. The smallest absolute Gasteiger partial charge is 0.119 e. The summed E-state index contributed by atoms with van der Waals surface area (Å²) < 4.78 is 6.19. The summed E-state index contributed by atoms with van der Waals surface area (Å²) in [5, 5.41) is 1.46. The number of likely N-dealkylation sites (tertiary alicyclic amines) is 2. The Morgan fingerprint density at radius 2 is 1.50 bits per heavy atom. The maximum absolute atomic E-state index is 6.19. The van der Waals surface area contributed by atoms with Crippen molar-refractivity contribution in [2.75, 3.05) is 32.7 Å². The molecule has 164 valence electrons. The summed E-state index contributed by atoms with van der Waals surface area (Å²) in [4.78, 5) is 5.13. The average Bonchev–Trinajstić information content (AvgIpc) is 2.78. The number of benzene rings is 2. The Morgan fingerprint density at radius 1 is 0.833 bits per heavy atom. The van der Waals surface area contributed by atoms with Crippen LogP contribution in [0.1, 0.15) is 51.0 Å². The molecule has 0 saturated carbocycles. The van der Waals surface area contributed by atoms with Crippen LogP contribution < -0.4 is 9.92 Å². The molecule has 2 saturated heterocycles. The summed E-state index contributed by atoms with van der Waals surface area (Å²) in [5.74, 6) is 1.04. The highest BCUT2D eigenvalue weighted by Gasteiger charge is 2.19. The zero-order valence-corrected chi connectivity index (χ0v) is 21.1.